The molecule has 2 aliphatic heterocycles. The molecule has 11 heteroatoms. The van der Waals surface area contributed by atoms with E-state index in [1.165, 1.54) is 4.90 Å². The Morgan fingerprint density at radius 2 is 1.87 bits per heavy atom. The van der Waals surface area contributed by atoms with Gasteiger partial charge in [0.05, 0.1) is 6.61 Å². The highest BCUT2D eigenvalue weighted by molar-refractivity contribution is 6.05. The standard InChI is InChI=1S/C28H42N8O3/c1-4-7-8-16-34-26(38)25-28(5-2,35(27(34)39)17-14-21-9-11-22(29)12-10-21)31-24(20-23-13-15-30-32-23)36(25)33(6-3)18-19-37/h9-13,15,25,37H,4-8,14,16-20,29H2,1-3H3,(H,30,32). The van der Waals surface area contributed by atoms with Crippen LogP contribution in [-0.2, 0) is 17.6 Å². The number of imide groups is 1. The van der Waals surface area contributed by atoms with E-state index in [0.717, 1.165) is 30.5 Å². The van der Waals surface area contributed by atoms with Crippen LogP contribution in [-0.4, -0.2) is 97.4 Å². The van der Waals surface area contributed by atoms with E-state index < -0.39 is 11.7 Å². The number of likely N-dealkylation sites (N-methyl/N-ethyl adjacent to an activating group) is 1. The summed E-state index contributed by atoms with van der Waals surface area (Å²) in [7, 11) is 0. The van der Waals surface area contributed by atoms with Gasteiger partial charge >= 0.3 is 6.03 Å². The van der Waals surface area contributed by atoms with Crippen LogP contribution in [0.5, 0.6) is 0 Å². The van der Waals surface area contributed by atoms with Crippen molar-refractivity contribution in [1.82, 2.24) is 30.0 Å². The first kappa shape index (κ1) is 28.6. The summed E-state index contributed by atoms with van der Waals surface area (Å²) >= 11 is 0. The number of aliphatic imine (C=N–C) groups is 1. The van der Waals surface area contributed by atoms with Gasteiger partial charge < -0.3 is 10.8 Å². The van der Waals surface area contributed by atoms with E-state index in [0.29, 0.717) is 57.0 Å². The minimum Gasteiger partial charge on any atom is -0.399 e. The number of fused-ring (bicyclic) bond motifs is 1. The molecule has 2 unspecified atom stereocenters. The average Bonchev–Trinajstić information content (AvgIpc) is 3.57. The number of amides is 3. The van der Waals surface area contributed by atoms with E-state index in [2.05, 4.69) is 17.1 Å². The number of nitrogens with zero attached hydrogens (tertiary/aromatic N) is 6. The number of aromatic nitrogens is 2. The third-order valence-electron chi connectivity index (χ3n) is 7.74. The first-order valence-electron chi connectivity index (χ1n) is 14.1. The summed E-state index contributed by atoms with van der Waals surface area (Å²) in [5.41, 5.74) is 7.42. The Hall–Kier alpha value is -3.44. The molecule has 2 atom stereocenters. The SMILES string of the molecule is CCCCCN1C(=O)C2N(N(CC)CCO)C(Cc3ccn[nH]3)=NC2(CC)N(CCc2ccc(N)cc2)C1=O. The molecular weight excluding hydrogens is 496 g/mol. The summed E-state index contributed by atoms with van der Waals surface area (Å²) in [6.07, 6.45) is 5.86. The number of urea groups is 1. The predicted molar refractivity (Wildman–Crippen MR) is 151 cm³/mol. The molecule has 1 saturated heterocycles. The van der Waals surface area contributed by atoms with E-state index in [9.17, 15) is 14.7 Å². The Labute approximate surface area is 230 Å². The largest absolute Gasteiger partial charge is 0.399 e. The Morgan fingerprint density at radius 3 is 2.49 bits per heavy atom. The second-order valence-electron chi connectivity index (χ2n) is 10.2. The van der Waals surface area contributed by atoms with Gasteiger partial charge in [-0.05, 0) is 43.0 Å². The number of benzene rings is 1. The van der Waals surface area contributed by atoms with Gasteiger partial charge in [0.1, 0.15) is 5.84 Å². The quantitative estimate of drug-likeness (QED) is 0.249. The number of anilines is 1. The van der Waals surface area contributed by atoms with Crippen molar-refractivity contribution >= 4 is 23.5 Å². The lowest BCUT2D eigenvalue weighted by molar-refractivity contribution is -0.151. The van der Waals surface area contributed by atoms with Crippen LogP contribution in [0.4, 0.5) is 10.5 Å². The molecule has 3 heterocycles. The average molecular weight is 539 g/mol. The van der Waals surface area contributed by atoms with E-state index in [-0.39, 0.29) is 18.5 Å². The van der Waals surface area contributed by atoms with E-state index in [1.807, 2.05) is 54.2 Å². The normalized spacial score (nSPS) is 21.2. The molecular formula is C28H42N8O3. The first-order valence-corrected chi connectivity index (χ1v) is 14.1. The lowest BCUT2D eigenvalue weighted by Crippen LogP contribution is -2.74. The fourth-order valence-electron chi connectivity index (χ4n) is 5.68. The Balaban J connectivity index is 1.78. The number of carbonyl (C=O) groups excluding carboxylic acids is 2. The molecule has 1 aromatic carbocycles. The maximum absolute atomic E-state index is 14.3. The number of aliphatic hydroxyl groups is 1. The molecule has 3 amide bonds. The Morgan fingerprint density at radius 1 is 1.10 bits per heavy atom. The molecule has 2 aromatic rings. The monoisotopic (exact) mass is 538 g/mol. The molecule has 4 rings (SSSR count). The number of hydrazine groups is 1. The van der Waals surface area contributed by atoms with Crippen molar-refractivity contribution in [3.63, 3.8) is 0 Å². The van der Waals surface area contributed by atoms with Gasteiger partial charge in [-0.2, -0.15) is 5.10 Å². The van der Waals surface area contributed by atoms with Crippen molar-refractivity contribution < 1.29 is 14.7 Å². The van der Waals surface area contributed by atoms with Crippen LogP contribution >= 0.6 is 0 Å². The van der Waals surface area contributed by atoms with Crippen LogP contribution in [0.25, 0.3) is 0 Å². The van der Waals surface area contributed by atoms with Gasteiger partial charge in [0.25, 0.3) is 5.91 Å². The predicted octanol–water partition coefficient (Wildman–Crippen LogP) is 2.65. The smallest absolute Gasteiger partial charge is 0.328 e. The lowest BCUT2D eigenvalue weighted by atomic mass is 9.91. The van der Waals surface area contributed by atoms with Crippen LogP contribution in [0.3, 0.4) is 0 Å². The van der Waals surface area contributed by atoms with Crippen molar-refractivity contribution in [3.8, 4) is 0 Å². The molecule has 4 N–H and O–H groups in total. The minimum absolute atomic E-state index is 0.0677. The van der Waals surface area contributed by atoms with Crippen molar-refractivity contribution in [2.24, 2.45) is 4.99 Å². The number of nitrogen functional groups attached to an aromatic ring is 1. The number of hydrogen-bond acceptors (Lipinski definition) is 8. The van der Waals surface area contributed by atoms with Crippen LogP contribution < -0.4 is 5.73 Å². The molecule has 2 aliphatic rings. The van der Waals surface area contributed by atoms with Gasteiger partial charge in [-0.3, -0.25) is 24.7 Å². The van der Waals surface area contributed by atoms with Crippen molar-refractivity contribution in [2.75, 3.05) is 38.5 Å². The number of rotatable bonds is 14. The third kappa shape index (κ3) is 5.65. The molecule has 39 heavy (non-hydrogen) atoms. The maximum Gasteiger partial charge on any atom is 0.328 e. The number of aromatic amines is 1. The zero-order valence-electron chi connectivity index (χ0n) is 23.3. The van der Waals surface area contributed by atoms with Crippen molar-refractivity contribution in [3.05, 3.63) is 47.8 Å². The molecule has 0 bridgehead atoms. The zero-order valence-corrected chi connectivity index (χ0v) is 23.3. The highest BCUT2D eigenvalue weighted by Gasteiger charge is 2.62. The number of nitrogens with two attached hydrogens (primary N) is 1. The highest BCUT2D eigenvalue weighted by Crippen LogP contribution is 2.42. The summed E-state index contributed by atoms with van der Waals surface area (Å²) in [6, 6.07) is 8.53. The molecule has 1 fully saturated rings. The number of H-pyrrole nitrogens is 1. The second kappa shape index (κ2) is 12.6. The van der Waals surface area contributed by atoms with Crippen LogP contribution in [0.2, 0.25) is 0 Å². The lowest BCUT2D eigenvalue weighted by Gasteiger charge is -2.51. The molecule has 1 aromatic heterocycles. The zero-order chi connectivity index (χ0) is 28.0. The summed E-state index contributed by atoms with van der Waals surface area (Å²) in [5.74, 6) is 0.442. The third-order valence-corrected chi connectivity index (χ3v) is 7.74. The number of amidine groups is 1. The summed E-state index contributed by atoms with van der Waals surface area (Å²) in [6.45, 7) is 7.70. The second-order valence-corrected chi connectivity index (χ2v) is 10.2. The van der Waals surface area contributed by atoms with Crippen LogP contribution in [0, 0.1) is 0 Å². The number of nitrogens with one attached hydrogen (secondary N) is 1. The molecule has 0 radical (unpaired) electrons. The minimum atomic E-state index is -1.07. The van der Waals surface area contributed by atoms with Crippen molar-refractivity contribution in [1.29, 1.82) is 0 Å². The number of aliphatic hydroxyl groups excluding tert-OH is 1. The van der Waals surface area contributed by atoms with Gasteiger partial charge in [0, 0.05) is 50.2 Å². The van der Waals surface area contributed by atoms with Crippen LogP contribution in [0.15, 0.2) is 41.5 Å². The molecule has 0 aliphatic carbocycles. The fourth-order valence-corrected chi connectivity index (χ4v) is 5.68. The van der Waals surface area contributed by atoms with Crippen molar-refractivity contribution in [2.45, 2.75) is 71.0 Å². The topological polar surface area (TPSA) is 134 Å². The molecule has 0 spiro atoms. The van der Waals surface area contributed by atoms with Gasteiger partial charge in [0.2, 0.25) is 0 Å². The van der Waals surface area contributed by atoms with E-state index in [4.69, 9.17) is 10.7 Å². The van der Waals surface area contributed by atoms with Gasteiger partial charge in [0.15, 0.2) is 11.7 Å². The molecule has 212 valence electrons. The van der Waals surface area contributed by atoms with Gasteiger partial charge in [-0.15, -0.1) is 0 Å². The molecule has 11 nitrogen and oxygen atoms in total. The van der Waals surface area contributed by atoms with E-state index in [1.54, 1.807) is 11.1 Å². The fraction of sp³-hybridized carbons (Fsp3) is 0.571. The summed E-state index contributed by atoms with van der Waals surface area (Å²) in [4.78, 5) is 36.8. The Kier molecular flexibility index (Phi) is 9.24. The number of hydrogen-bond donors (Lipinski definition) is 3. The van der Waals surface area contributed by atoms with E-state index >= 15 is 0 Å². The van der Waals surface area contributed by atoms with Gasteiger partial charge in [-0.25, -0.2) is 14.8 Å². The molecule has 0 saturated carbocycles. The van der Waals surface area contributed by atoms with Crippen LogP contribution in [0.1, 0.15) is 57.7 Å². The van der Waals surface area contributed by atoms with Gasteiger partial charge in [-0.1, -0.05) is 45.7 Å². The summed E-state index contributed by atoms with van der Waals surface area (Å²) < 4.78 is 0. The maximum atomic E-state index is 14.3. The summed E-state index contributed by atoms with van der Waals surface area (Å²) in [5, 5.41) is 20.9. The number of carbonyl (C=O) groups is 2. The number of unbranched alkanes of at least 4 members (excludes halogenated alkanes) is 2. The Bertz CT molecular complexity index is 1140. The first-order chi connectivity index (χ1) is 18.9. The highest BCUT2D eigenvalue weighted by atomic mass is 16.3.